The molecule has 0 bridgehead atoms. The summed E-state index contributed by atoms with van der Waals surface area (Å²) in [6, 6.07) is 2.51. The second-order valence-electron chi connectivity index (χ2n) is 6.42. The molecule has 1 fully saturated rings. The molecule has 0 unspecified atom stereocenters. The van der Waals surface area contributed by atoms with Gasteiger partial charge in [-0.25, -0.2) is 0 Å². The second kappa shape index (κ2) is 5.77. The van der Waals surface area contributed by atoms with Gasteiger partial charge < -0.3 is 14.4 Å². The Morgan fingerprint density at radius 1 is 1.30 bits per heavy atom. The predicted molar refractivity (Wildman–Crippen MR) is 85.2 cm³/mol. The van der Waals surface area contributed by atoms with Gasteiger partial charge in [0.05, 0.1) is 22.5 Å². The summed E-state index contributed by atoms with van der Waals surface area (Å²) >= 11 is 6.14. The van der Waals surface area contributed by atoms with Crippen molar-refractivity contribution in [1.29, 1.82) is 0 Å². The Hall–Kier alpha value is -1.64. The van der Waals surface area contributed by atoms with Gasteiger partial charge in [-0.3, -0.25) is 14.9 Å². The first-order valence-corrected chi connectivity index (χ1v) is 7.36. The number of aliphatic carboxylic acids is 1. The van der Waals surface area contributed by atoms with E-state index in [0.717, 1.165) is 6.07 Å². The first kappa shape index (κ1) is 17.7. The quantitative estimate of drug-likeness (QED) is 0.512. The van der Waals surface area contributed by atoms with E-state index in [4.69, 9.17) is 26.0 Å². The van der Waals surface area contributed by atoms with Crippen molar-refractivity contribution in [2.45, 2.75) is 45.3 Å². The Labute approximate surface area is 138 Å². The largest absolute Gasteiger partial charge is 0.496 e. The van der Waals surface area contributed by atoms with Crippen LogP contribution in [0.1, 0.15) is 33.3 Å². The molecule has 0 saturated carbocycles. The van der Waals surface area contributed by atoms with Crippen LogP contribution >= 0.6 is 11.6 Å². The molecule has 1 N–H and O–H groups in total. The lowest BCUT2D eigenvalue weighted by Gasteiger charge is -2.32. The van der Waals surface area contributed by atoms with Gasteiger partial charge in [-0.1, -0.05) is 17.7 Å². The minimum atomic E-state index is -1.17. The SMILES string of the molecule is CC1(C)OB(c2cc(CC(=O)O)c([N+](=O)[O-])cc2Cl)OC1(C)C. The molecule has 1 heterocycles. The van der Waals surface area contributed by atoms with Crippen LogP contribution in [0, 0.1) is 10.1 Å². The molecule has 1 aliphatic rings. The zero-order valence-electron chi connectivity index (χ0n) is 13.3. The number of nitrogens with zero attached hydrogens (tertiary/aromatic N) is 1. The fourth-order valence-corrected chi connectivity index (χ4v) is 2.50. The molecule has 0 amide bonds. The normalized spacial score (nSPS) is 18.9. The average molecular weight is 342 g/mol. The van der Waals surface area contributed by atoms with Crippen molar-refractivity contribution >= 4 is 35.8 Å². The van der Waals surface area contributed by atoms with E-state index in [1.165, 1.54) is 6.07 Å². The monoisotopic (exact) mass is 341 g/mol. The van der Waals surface area contributed by atoms with Crippen LogP contribution in [0.15, 0.2) is 12.1 Å². The zero-order valence-corrected chi connectivity index (χ0v) is 14.0. The van der Waals surface area contributed by atoms with Crippen LogP contribution in [0.3, 0.4) is 0 Å². The van der Waals surface area contributed by atoms with E-state index in [1.807, 2.05) is 27.7 Å². The second-order valence-corrected chi connectivity index (χ2v) is 6.83. The Kier molecular flexibility index (Phi) is 4.45. The molecule has 1 aromatic carbocycles. The fraction of sp³-hybridized carbons (Fsp3) is 0.500. The Balaban J connectivity index is 2.48. The molecule has 9 heteroatoms. The van der Waals surface area contributed by atoms with Gasteiger partial charge in [-0.05, 0) is 27.7 Å². The van der Waals surface area contributed by atoms with Crippen LogP contribution in [-0.2, 0) is 20.5 Å². The topological polar surface area (TPSA) is 98.9 Å². The fourth-order valence-electron chi connectivity index (χ4n) is 2.25. The number of hydrogen-bond donors (Lipinski definition) is 1. The Bertz CT molecular complexity index is 659. The van der Waals surface area contributed by atoms with Crippen molar-refractivity contribution in [3.05, 3.63) is 32.8 Å². The smallest absolute Gasteiger partial charge is 0.481 e. The predicted octanol–water partition coefficient (Wildman–Crippen LogP) is 2.17. The van der Waals surface area contributed by atoms with Gasteiger partial charge in [-0.15, -0.1) is 0 Å². The molecule has 7 nitrogen and oxygen atoms in total. The number of benzene rings is 1. The molecule has 0 aromatic heterocycles. The summed E-state index contributed by atoms with van der Waals surface area (Å²) in [5, 5.41) is 20.1. The summed E-state index contributed by atoms with van der Waals surface area (Å²) < 4.78 is 11.7. The van der Waals surface area contributed by atoms with E-state index >= 15 is 0 Å². The summed E-state index contributed by atoms with van der Waals surface area (Å²) in [5.74, 6) is -1.17. The Morgan fingerprint density at radius 2 is 1.83 bits per heavy atom. The highest BCUT2D eigenvalue weighted by molar-refractivity contribution is 6.65. The van der Waals surface area contributed by atoms with Gasteiger partial charge in [0.15, 0.2) is 0 Å². The highest BCUT2D eigenvalue weighted by Gasteiger charge is 2.52. The molecule has 124 valence electrons. The Morgan fingerprint density at radius 3 is 2.26 bits per heavy atom. The van der Waals surface area contributed by atoms with E-state index in [2.05, 4.69) is 0 Å². The van der Waals surface area contributed by atoms with Crippen molar-refractivity contribution in [2.75, 3.05) is 0 Å². The number of halogens is 1. The standard InChI is InChI=1S/C14H17BClNO6/c1-13(2)14(3,4)23-15(22-13)9-5-8(6-12(18)19)11(17(20)21)7-10(9)16/h5,7H,6H2,1-4H3,(H,18,19). The van der Waals surface area contributed by atoms with Crippen LogP contribution in [0.4, 0.5) is 5.69 Å². The number of nitro groups is 1. The van der Waals surface area contributed by atoms with Crippen LogP contribution in [0.2, 0.25) is 5.02 Å². The molecule has 1 aromatic rings. The van der Waals surface area contributed by atoms with Gasteiger partial charge in [-0.2, -0.15) is 0 Å². The van der Waals surface area contributed by atoms with Crippen LogP contribution in [0.5, 0.6) is 0 Å². The zero-order chi connectivity index (χ0) is 17.6. The van der Waals surface area contributed by atoms with Crippen LogP contribution in [0.25, 0.3) is 0 Å². The number of rotatable bonds is 4. The maximum atomic E-state index is 11.1. The molecule has 23 heavy (non-hydrogen) atoms. The molecule has 0 aliphatic carbocycles. The van der Waals surface area contributed by atoms with Gasteiger partial charge in [0.25, 0.3) is 5.69 Å². The molecular formula is C14H17BClNO6. The molecular weight excluding hydrogens is 324 g/mol. The van der Waals surface area contributed by atoms with Crippen molar-refractivity contribution in [2.24, 2.45) is 0 Å². The number of carbonyl (C=O) groups is 1. The number of nitro benzene ring substituents is 1. The maximum Gasteiger partial charge on any atom is 0.496 e. The van der Waals surface area contributed by atoms with Gasteiger partial charge >= 0.3 is 13.1 Å². The number of carboxylic acids is 1. The summed E-state index contributed by atoms with van der Waals surface area (Å²) in [4.78, 5) is 21.4. The van der Waals surface area contributed by atoms with Crippen molar-refractivity contribution in [1.82, 2.24) is 0 Å². The third kappa shape index (κ3) is 3.34. The lowest BCUT2D eigenvalue weighted by atomic mass is 9.77. The minimum absolute atomic E-state index is 0.0524. The van der Waals surface area contributed by atoms with Crippen molar-refractivity contribution in [3.63, 3.8) is 0 Å². The minimum Gasteiger partial charge on any atom is -0.481 e. The molecule has 0 atom stereocenters. The molecule has 1 saturated heterocycles. The highest BCUT2D eigenvalue weighted by atomic mass is 35.5. The molecule has 1 aliphatic heterocycles. The van der Waals surface area contributed by atoms with E-state index in [9.17, 15) is 14.9 Å². The third-order valence-corrected chi connectivity index (χ3v) is 4.57. The summed E-state index contributed by atoms with van der Waals surface area (Å²) in [6.07, 6.45) is -0.486. The van der Waals surface area contributed by atoms with Gasteiger partial charge in [0.2, 0.25) is 0 Å². The van der Waals surface area contributed by atoms with E-state index in [0.29, 0.717) is 5.46 Å². The lowest BCUT2D eigenvalue weighted by Crippen LogP contribution is -2.41. The van der Waals surface area contributed by atoms with Gasteiger partial charge in [0.1, 0.15) is 0 Å². The molecule has 0 radical (unpaired) electrons. The van der Waals surface area contributed by atoms with E-state index in [-0.39, 0.29) is 16.3 Å². The lowest BCUT2D eigenvalue weighted by molar-refractivity contribution is -0.385. The number of hydrogen-bond acceptors (Lipinski definition) is 5. The first-order valence-electron chi connectivity index (χ1n) is 6.99. The summed E-state index contributed by atoms with van der Waals surface area (Å²) in [5.41, 5.74) is -1.10. The molecule has 2 rings (SSSR count). The summed E-state index contributed by atoms with van der Waals surface area (Å²) in [7, 11) is -0.819. The number of carboxylic acid groups (broad SMARTS) is 1. The van der Waals surface area contributed by atoms with Gasteiger partial charge in [0, 0.05) is 22.1 Å². The van der Waals surface area contributed by atoms with E-state index in [1.54, 1.807) is 0 Å². The molecule has 0 spiro atoms. The van der Waals surface area contributed by atoms with Crippen molar-refractivity contribution < 1.29 is 24.1 Å². The summed E-state index contributed by atoms with van der Waals surface area (Å²) in [6.45, 7) is 7.46. The highest BCUT2D eigenvalue weighted by Crippen LogP contribution is 2.37. The first-order chi connectivity index (χ1) is 10.4. The van der Waals surface area contributed by atoms with Crippen molar-refractivity contribution in [3.8, 4) is 0 Å². The van der Waals surface area contributed by atoms with Crippen LogP contribution < -0.4 is 5.46 Å². The third-order valence-electron chi connectivity index (χ3n) is 4.24. The average Bonchev–Trinajstić information content (AvgIpc) is 2.59. The maximum absolute atomic E-state index is 11.1. The van der Waals surface area contributed by atoms with Crippen LogP contribution in [-0.4, -0.2) is 34.3 Å². The van der Waals surface area contributed by atoms with E-state index < -0.39 is 35.6 Å².